The van der Waals surface area contributed by atoms with E-state index < -0.39 is 10.0 Å². The minimum atomic E-state index is -3.66. The molecule has 0 saturated heterocycles. The van der Waals surface area contributed by atoms with Crippen molar-refractivity contribution in [1.29, 1.82) is 5.26 Å². The van der Waals surface area contributed by atoms with Gasteiger partial charge in [0, 0.05) is 19.4 Å². The van der Waals surface area contributed by atoms with Crippen LogP contribution in [0.15, 0.2) is 65.8 Å². The molecule has 136 valence electrons. The van der Waals surface area contributed by atoms with Crippen molar-refractivity contribution in [3.8, 4) is 17.7 Å². The minimum absolute atomic E-state index is 0.0700. The highest BCUT2D eigenvalue weighted by atomic mass is 32.2. The largest absolute Gasteiger partial charge is 0.436 e. The fraction of sp³-hybridized carbons (Fsp3) is 0.105. The number of anilines is 1. The lowest BCUT2D eigenvalue weighted by molar-refractivity contribution is 0.458. The molecule has 0 aliphatic rings. The lowest BCUT2D eigenvalue weighted by Crippen LogP contribution is -2.26. The van der Waals surface area contributed by atoms with E-state index in [4.69, 9.17) is 10.00 Å². The van der Waals surface area contributed by atoms with Crippen molar-refractivity contribution in [3.05, 3.63) is 72.2 Å². The molecule has 0 N–H and O–H groups in total. The van der Waals surface area contributed by atoms with Crippen LogP contribution in [0.4, 0.5) is 5.69 Å². The summed E-state index contributed by atoms with van der Waals surface area (Å²) in [5.74, 6) is 0.505. The summed E-state index contributed by atoms with van der Waals surface area (Å²) in [5.41, 5.74) is 1.53. The summed E-state index contributed by atoms with van der Waals surface area (Å²) in [6.07, 6.45) is 2.83. The molecule has 8 heteroatoms. The Hall–Kier alpha value is -3.44. The molecular formula is C19H16N4O3S. The monoisotopic (exact) mass is 380 g/mol. The number of benzene rings is 2. The van der Waals surface area contributed by atoms with Gasteiger partial charge in [-0.2, -0.15) is 5.26 Å². The van der Waals surface area contributed by atoms with Crippen LogP contribution in [0.3, 0.4) is 0 Å². The van der Waals surface area contributed by atoms with Gasteiger partial charge in [-0.15, -0.1) is 0 Å². The third-order valence-electron chi connectivity index (χ3n) is 3.86. The maximum absolute atomic E-state index is 12.7. The lowest BCUT2D eigenvalue weighted by Gasteiger charge is -2.20. The van der Waals surface area contributed by atoms with Crippen LogP contribution in [0.1, 0.15) is 11.3 Å². The van der Waals surface area contributed by atoms with Crippen molar-refractivity contribution in [3.63, 3.8) is 0 Å². The standard InChI is InChI=1S/C19H16N4O3S/c1-14-3-9-17(10-4-14)27(24,25)23(2)15-5-7-16(8-6-15)26-19-18(13-20)21-11-12-22-19/h3-12H,1-2H3. The van der Waals surface area contributed by atoms with Gasteiger partial charge in [-0.1, -0.05) is 17.7 Å². The van der Waals surface area contributed by atoms with Crippen LogP contribution in [0, 0.1) is 18.3 Å². The third kappa shape index (κ3) is 3.88. The number of ether oxygens (including phenoxy) is 1. The molecule has 0 saturated carbocycles. The Kier molecular flexibility index (Phi) is 5.05. The van der Waals surface area contributed by atoms with Gasteiger partial charge < -0.3 is 4.74 Å². The zero-order chi connectivity index (χ0) is 19.4. The molecule has 1 heterocycles. The van der Waals surface area contributed by atoms with E-state index in [1.807, 2.05) is 13.0 Å². The van der Waals surface area contributed by atoms with Gasteiger partial charge in [-0.05, 0) is 43.3 Å². The fourth-order valence-corrected chi connectivity index (χ4v) is 3.52. The molecule has 0 fully saturated rings. The van der Waals surface area contributed by atoms with Gasteiger partial charge in [0.1, 0.15) is 11.8 Å². The van der Waals surface area contributed by atoms with Crippen molar-refractivity contribution in [2.24, 2.45) is 0 Å². The maximum Gasteiger partial charge on any atom is 0.264 e. The quantitative estimate of drug-likeness (QED) is 0.674. The second-order valence-electron chi connectivity index (χ2n) is 5.70. The summed E-state index contributed by atoms with van der Waals surface area (Å²) in [5, 5.41) is 9.02. The summed E-state index contributed by atoms with van der Waals surface area (Å²) in [6.45, 7) is 1.90. The van der Waals surface area contributed by atoms with E-state index in [1.54, 1.807) is 48.5 Å². The summed E-state index contributed by atoms with van der Waals surface area (Å²) >= 11 is 0. The normalized spacial score (nSPS) is 10.9. The first-order chi connectivity index (χ1) is 12.9. The van der Waals surface area contributed by atoms with Gasteiger partial charge in [-0.3, -0.25) is 4.31 Å². The summed E-state index contributed by atoms with van der Waals surface area (Å²) in [6, 6.07) is 15.0. The lowest BCUT2D eigenvalue weighted by atomic mass is 10.2. The number of nitrogens with zero attached hydrogens (tertiary/aromatic N) is 4. The summed E-state index contributed by atoms with van der Waals surface area (Å²) < 4.78 is 32.2. The molecule has 0 aliphatic carbocycles. The Morgan fingerprint density at radius 3 is 2.26 bits per heavy atom. The predicted molar refractivity (Wildman–Crippen MR) is 100 cm³/mol. The highest BCUT2D eigenvalue weighted by Gasteiger charge is 2.21. The Bertz CT molecular complexity index is 1090. The maximum atomic E-state index is 12.7. The molecular weight excluding hydrogens is 364 g/mol. The van der Waals surface area contributed by atoms with Gasteiger partial charge >= 0.3 is 0 Å². The van der Waals surface area contributed by atoms with Crippen molar-refractivity contribution in [2.75, 3.05) is 11.4 Å². The number of hydrogen-bond donors (Lipinski definition) is 0. The molecule has 3 aromatic rings. The van der Waals surface area contributed by atoms with Gasteiger partial charge in [0.15, 0.2) is 0 Å². The van der Waals surface area contributed by atoms with Crippen LogP contribution in [0.2, 0.25) is 0 Å². The zero-order valence-corrected chi connectivity index (χ0v) is 15.5. The highest BCUT2D eigenvalue weighted by molar-refractivity contribution is 7.92. The van der Waals surface area contributed by atoms with Crippen LogP contribution in [0.25, 0.3) is 0 Å². The highest BCUT2D eigenvalue weighted by Crippen LogP contribution is 2.27. The first-order valence-electron chi connectivity index (χ1n) is 7.96. The zero-order valence-electron chi connectivity index (χ0n) is 14.7. The van der Waals surface area contributed by atoms with Crippen molar-refractivity contribution in [1.82, 2.24) is 9.97 Å². The molecule has 27 heavy (non-hydrogen) atoms. The molecule has 0 aliphatic heterocycles. The van der Waals surface area contributed by atoms with E-state index in [9.17, 15) is 8.42 Å². The molecule has 1 aromatic heterocycles. The second-order valence-corrected chi connectivity index (χ2v) is 7.67. The van der Waals surface area contributed by atoms with Gasteiger partial charge in [0.2, 0.25) is 5.69 Å². The Balaban J connectivity index is 1.82. The topological polar surface area (TPSA) is 96.2 Å². The van der Waals surface area contributed by atoms with E-state index >= 15 is 0 Å². The van der Waals surface area contributed by atoms with Crippen LogP contribution in [-0.4, -0.2) is 25.4 Å². The molecule has 0 atom stereocenters. The smallest absolute Gasteiger partial charge is 0.264 e. The van der Waals surface area contributed by atoms with Gasteiger partial charge in [0.25, 0.3) is 15.9 Å². The van der Waals surface area contributed by atoms with Crippen LogP contribution in [0.5, 0.6) is 11.6 Å². The molecule has 0 unspecified atom stereocenters. The van der Waals surface area contributed by atoms with Gasteiger partial charge in [-0.25, -0.2) is 18.4 Å². The number of rotatable bonds is 5. The van der Waals surface area contributed by atoms with E-state index in [-0.39, 0.29) is 16.5 Å². The van der Waals surface area contributed by atoms with Crippen molar-refractivity contribution in [2.45, 2.75) is 11.8 Å². The Morgan fingerprint density at radius 1 is 1.00 bits per heavy atom. The average molecular weight is 380 g/mol. The molecule has 0 radical (unpaired) electrons. The first kappa shape index (κ1) is 18.4. The molecule has 7 nitrogen and oxygen atoms in total. The first-order valence-corrected chi connectivity index (χ1v) is 9.40. The van der Waals surface area contributed by atoms with E-state index in [0.29, 0.717) is 11.4 Å². The second kappa shape index (κ2) is 7.43. The van der Waals surface area contributed by atoms with Gasteiger partial charge in [0.05, 0.1) is 10.6 Å². The Morgan fingerprint density at radius 2 is 1.63 bits per heavy atom. The fourth-order valence-electron chi connectivity index (χ4n) is 2.32. The van der Waals surface area contributed by atoms with E-state index in [1.165, 1.54) is 23.7 Å². The summed E-state index contributed by atoms with van der Waals surface area (Å²) in [4.78, 5) is 8.07. The number of nitriles is 1. The SMILES string of the molecule is Cc1ccc(S(=O)(=O)N(C)c2ccc(Oc3nccnc3C#N)cc2)cc1. The number of hydrogen-bond acceptors (Lipinski definition) is 6. The van der Waals surface area contributed by atoms with Crippen molar-refractivity contribution >= 4 is 15.7 Å². The van der Waals surface area contributed by atoms with E-state index in [0.717, 1.165) is 5.56 Å². The van der Waals surface area contributed by atoms with Crippen LogP contribution < -0.4 is 9.04 Å². The summed E-state index contributed by atoms with van der Waals surface area (Å²) in [7, 11) is -2.18. The average Bonchev–Trinajstić information content (AvgIpc) is 2.69. The molecule has 2 aromatic carbocycles. The van der Waals surface area contributed by atoms with Crippen molar-refractivity contribution < 1.29 is 13.2 Å². The minimum Gasteiger partial charge on any atom is -0.436 e. The van der Waals surface area contributed by atoms with E-state index in [2.05, 4.69) is 9.97 Å². The third-order valence-corrected chi connectivity index (χ3v) is 5.66. The van der Waals surface area contributed by atoms with Crippen LogP contribution >= 0.6 is 0 Å². The Labute approximate surface area is 157 Å². The number of sulfonamides is 1. The molecule has 0 spiro atoms. The van der Waals surface area contributed by atoms with Crippen LogP contribution in [-0.2, 0) is 10.0 Å². The number of aromatic nitrogens is 2. The predicted octanol–water partition coefficient (Wildman–Crippen LogP) is 3.27. The number of aryl methyl sites for hydroxylation is 1. The molecule has 0 bridgehead atoms. The molecule has 3 rings (SSSR count). The molecule has 0 amide bonds.